The molecular formula is C10H13BrF3N3. The minimum atomic E-state index is -4.12. The summed E-state index contributed by atoms with van der Waals surface area (Å²) in [6.07, 6.45) is -3.02. The zero-order chi connectivity index (χ0) is 12.9. The predicted octanol–water partition coefficient (Wildman–Crippen LogP) is 3.08. The molecule has 1 unspecified atom stereocenters. The van der Waals surface area contributed by atoms with Gasteiger partial charge in [0.1, 0.15) is 0 Å². The van der Waals surface area contributed by atoms with Crippen LogP contribution in [0.15, 0.2) is 22.8 Å². The maximum absolute atomic E-state index is 12.0. The molecule has 1 aromatic heterocycles. The molecule has 1 rings (SSSR count). The topological polar surface area (TPSA) is 50.9 Å². The quantitative estimate of drug-likeness (QED) is 0.649. The summed E-state index contributed by atoms with van der Waals surface area (Å²) in [5.74, 6) is 5.31. The molecule has 0 saturated heterocycles. The van der Waals surface area contributed by atoms with Crippen molar-refractivity contribution in [3.05, 3.63) is 28.5 Å². The fraction of sp³-hybridized carbons (Fsp3) is 0.500. The predicted molar refractivity (Wildman–Crippen MR) is 61.9 cm³/mol. The van der Waals surface area contributed by atoms with Gasteiger partial charge in [-0.1, -0.05) is 0 Å². The highest BCUT2D eigenvalue weighted by Gasteiger charge is 2.26. The molecule has 0 aliphatic heterocycles. The van der Waals surface area contributed by atoms with Crippen LogP contribution in [-0.4, -0.2) is 11.2 Å². The first kappa shape index (κ1) is 14.4. The molecule has 1 atom stereocenters. The fourth-order valence-corrected chi connectivity index (χ4v) is 1.65. The zero-order valence-electron chi connectivity index (χ0n) is 8.97. The number of rotatable bonds is 5. The van der Waals surface area contributed by atoms with E-state index in [1.165, 1.54) is 0 Å². The van der Waals surface area contributed by atoms with Crippen molar-refractivity contribution in [1.29, 1.82) is 0 Å². The minimum Gasteiger partial charge on any atom is -0.271 e. The summed E-state index contributed by atoms with van der Waals surface area (Å²) in [4.78, 5) is 4.09. The lowest BCUT2D eigenvalue weighted by atomic mass is 10.1. The van der Waals surface area contributed by atoms with Crippen molar-refractivity contribution in [3.63, 3.8) is 0 Å². The van der Waals surface area contributed by atoms with E-state index in [0.717, 1.165) is 4.47 Å². The van der Waals surface area contributed by atoms with Gasteiger partial charge in [0, 0.05) is 17.1 Å². The van der Waals surface area contributed by atoms with Crippen molar-refractivity contribution < 1.29 is 13.2 Å². The van der Waals surface area contributed by atoms with Crippen molar-refractivity contribution in [2.45, 2.75) is 31.5 Å². The highest BCUT2D eigenvalue weighted by molar-refractivity contribution is 9.10. The SMILES string of the molecule is NNC(CCCC(F)(F)F)c1ccc(Br)cn1. The molecule has 7 heteroatoms. The molecule has 3 N–H and O–H groups in total. The van der Waals surface area contributed by atoms with Gasteiger partial charge in [0.2, 0.25) is 0 Å². The number of nitrogens with one attached hydrogen (secondary N) is 1. The zero-order valence-corrected chi connectivity index (χ0v) is 10.6. The molecule has 0 aromatic carbocycles. The first-order valence-electron chi connectivity index (χ1n) is 5.06. The Balaban J connectivity index is 2.51. The van der Waals surface area contributed by atoms with Crippen molar-refractivity contribution in [2.75, 3.05) is 0 Å². The monoisotopic (exact) mass is 311 g/mol. The molecule has 17 heavy (non-hydrogen) atoms. The highest BCUT2D eigenvalue weighted by Crippen LogP contribution is 2.25. The van der Waals surface area contributed by atoms with Crippen molar-refractivity contribution >= 4 is 15.9 Å². The van der Waals surface area contributed by atoms with Gasteiger partial charge in [-0.15, -0.1) is 0 Å². The summed E-state index contributed by atoms with van der Waals surface area (Å²) in [6.45, 7) is 0. The number of hydrogen-bond donors (Lipinski definition) is 2. The van der Waals surface area contributed by atoms with Gasteiger partial charge in [-0.2, -0.15) is 13.2 Å². The van der Waals surface area contributed by atoms with E-state index in [1.54, 1.807) is 18.3 Å². The Morgan fingerprint density at radius 3 is 2.59 bits per heavy atom. The fourth-order valence-electron chi connectivity index (χ4n) is 1.42. The Morgan fingerprint density at radius 2 is 2.12 bits per heavy atom. The molecule has 0 aliphatic carbocycles. The molecule has 0 aliphatic rings. The maximum atomic E-state index is 12.0. The van der Waals surface area contributed by atoms with Crippen molar-refractivity contribution in [1.82, 2.24) is 10.4 Å². The van der Waals surface area contributed by atoms with E-state index in [4.69, 9.17) is 5.84 Å². The highest BCUT2D eigenvalue weighted by atomic mass is 79.9. The van der Waals surface area contributed by atoms with Crippen LogP contribution in [0.3, 0.4) is 0 Å². The van der Waals surface area contributed by atoms with Gasteiger partial charge in [0.05, 0.1) is 11.7 Å². The van der Waals surface area contributed by atoms with Crippen LogP contribution in [0.25, 0.3) is 0 Å². The van der Waals surface area contributed by atoms with E-state index in [1.807, 2.05) is 0 Å². The van der Waals surface area contributed by atoms with E-state index in [9.17, 15) is 13.2 Å². The molecule has 0 saturated carbocycles. The lowest BCUT2D eigenvalue weighted by molar-refractivity contribution is -0.135. The van der Waals surface area contributed by atoms with Crippen LogP contribution >= 0.6 is 15.9 Å². The Kier molecular flexibility index (Phi) is 5.35. The third-order valence-corrected chi connectivity index (χ3v) is 2.73. The molecule has 1 heterocycles. The number of hydrogen-bond acceptors (Lipinski definition) is 3. The number of halogens is 4. The molecule has 0 radical (unpaired) electrons. The number of nitrogens with two attached hydrogens (primary N) is 1. The molecule has 0 amide bonds. The van der Waals surface area contributed by atoms with Crippen molar-refractivity contribution in [2.24, 2.45) is 5.84 Å². The van der Waals surface area contributed by atoms with Gasteiger partial charge in [-0.25, -0.2) is 0 Å². The van der Waals surface area contributed by atoms with Crippen molar-refractivity contribution in [3.8, 4) is 0 Å². The lowest BCUT2D eigenvalue weighted by Gasteiger charge is -2.15. The minimum absolute atomic E-state index is 0.0239. The van der Waals surface area contributed by atoms with Gasteiger partial charge in [0.25, 0.3) is 0 Å². The third-order valence-electron chi connectivity index (χ3n) is 2.26. The summed E-state index contributed by atoms with van der Waals surface area (Å²) < 4.78 is 36.8. The van der Waals surface area contributed by atoms with Crippen LogP contribution in [0.1, 0.15) is 31.0 Å². The largest absolute Gasteiger partial charge is 0.389 e. The Hall–Kier alpha value is -0.660. The molecule has 0 spiro atoms. The summed E-state index contributed by atoms with van der Waals surface area (Å²) in [5.41, 5.74) is 3.12. The summed E-state index contributed by atoms with van der Waals surface area (Å²) in [7, 11) is 0. The second-order valence-electron chi connectivity index (χ2n) is 3.63. The second-order valence-corrected chi connectivity index (χ2v) is 4.54. The van der Waals surface area contributed by atoms with E-state index in [0.29, 0.717) is 12.1 Å². The second kappa shape index (κ2) is 6.32. The first-order chi connectivity index (χ1) is 7.92. The van der Waals surface area contributed by atoms with Crippen LogP contribution in [0.4, 0.5) is 13.2 Å². The van der Waals surface area contributed by atoms with E-state index >= 15 is 0 Å². The molecule has 1 aromatic rings. The standard InChI is InChI=1S/C10H13BrF3N3/c11-7-3-4-8(16-6-7)9(17-15)2-1-5-10(12,13)14/h3-4,6,9,17H,1-2,5,15H2. The van der Waals surface area contributed by atoms with Crippen LogP contribution in [0.2, 0.25) is 0 Å². The number of hydrazine groups is 1. The van der Waals surface area contributed by atoms with Gasteiger partial charge < -0.3 is 0 Å². The summed E-state index contributed by atoms with van der Waals surface area (Å²) >= 11 is 3.23. The molecule has 0 fully saturated rings. The van der Waals surface area contributed by atoms with Gasteiger partial charge in [0.15, 0.2) is 0 Å². The average Bonchev–Trinajstić information content (AvgIpc) is 2.24. The smallest absolute Gasteiger partial charge is 0.271 e. The normalized spacial score (nSPS) is 13.7. The lowest BCUT2D eigenvalue weighted by Crippen LogP contribution is -2.29. The van der Waals surface area contributed by atoms with E-state index < -0.39 is 12.6 Å². The van der Waals surface area contributed by atoms with Crippen LogP contribution < -0.4 is 11.3 Å². The van der Waals surface area contributed by atoms with E-state index in [-0.39, 0.29) is 12.5 Å². The average molecular weight is 312 g/mol. The molecular weight excluding hydrogens is 299 g/mol. The third kappa shape index (κ3) is 5.47. The molecule has 3 nitrogen and oxygen atoms in total. The summed E-state index contributed by atoms with van der Waals surface area (Å²) in [5, 5.41) is 0. The summed E-state index contributed by atoms with van der Waals surface area (Å²) in [6, 6.07) is 3.14. The number of aromatic nitrogens is 1. The number of alkyl halides is 3. The van der Waals surface area contributed by atoms with Gasteiger partial charge in [-0.3, -0.25) is 16.3 Å². The van der Waals surface area contributed by atoms with Gasteiger partial charge in [-0.05, 0) is 40.9 Å². The number of nitrogens with zero attached hydrogens (tertiary/aromatic N) is 1. The van der Waals surface area contributed by atoms with Crippen LogP contribution in [-0.2, 0) is 0 Å². The molecule has 96 valence electrons. The molecule has 0 bridgehead atoms. The Morgan fingerprint density at radius 1 is 1.41 bits per heavy atom. The van der Waals surface area contributed by atoms with Crippen LogP contribution in [0.5, 0.6) is 0 Å². The Bertz CT molecular complexity index is 340. The van der Waals surface area contributed by atoms with Gasteiger partial charge >= 0.3 is 6.18 Å². The van der Waals surface area contributed by atoms with Crippen LogP contribution in [0, 0.1) is 0 Å². The van der Waals surface area contributed by atoms with E-state index in [2.05, 4.69) is 26.3 Å². The first-order valence-corrected chi connectivity index (χ1v) is 5.86. The number of pyridine rings is 1. The Labute approximate surface area is 106 Å². The maximum Gasteiger partial charge on any atom is 0.389 e.